The third-order valence-corrected chi connectivity index (χ3v) is 5.56. The van der Waals surface area contributed by atoms with Crippen molar-refractivity contribution in [2.45, 2.75) is 38.1 Å². The lowest BCUT2D eigenvalue weighted by Gasteiger charge is -2.42. The van der Waals surface area contributed by atoms with E-state index in [1.807, 2.05) is 13.0 Å². The van der Waals surface area contributed by atoms with Crippen molar-refractivity contribution in [2.75, 3.05) is 6.54 Å². The highest BCUT2D eigenvalue weighted by molar-refractivity contribution is 7.11. The number of hydrogen-bond donors (Lipinski definition) is 2. The van der Waals surface area contributed by atoms with Gasteiger partial charge in [-0.2, -0.15) is 0 Å². The number of halogens is 1. The molecule has 0 atom stereocenters. The van der Waals surface area contributed by atoms with Gasteiger partial charge in [0.1, 0.15) is 16.5 Å². The summed E-state index contributed by atoms with van der Waals surface area (Å²) in [6.45, 7) is 2.72. The molecule has 0 bridgehead atoms. The van der Waals surface area contributed by atoms with E-state index in [4.69, 9.17) is 5.73 Å². The van der Waals surface area contributed by atoms with Crippen LogP contribution in [0, 0.1) is 12.7 Å². The van der Waals surface area contributed by atoms with Crippen LogP contribution in [0.3, 0.4) is 0 Å². The fourth-order valence-electron chi connectivity index (χ4n) is 3.07. The van der Waals surface area contributed by atoms with E-state index in [1.54, 1.807) is 12.1 Å². The Morgan fingerprint density at radius 1 is 1.48 bits per heavy atom. The largest absolute Gasteiger partial charge is 0.350 e. The Kier molecular flexibility index (Phi) is 4.46. The second-order valence-electron chi connectivity index (χ2n) is 6.04. The molecule has 0 aliphatic heterocycles. The van der Waals surface area contributed by atoms with Crippen LogP contribution in [0.25, 0.3) is 0 Å². The summed E-state index contributed by atoms with van der Waals surface area (Å²) in [5.41, 5.74) is 6.83. The third-order valence-electron chi connectivity index (χ3n) is 4.57. The van der Waals surface area contributed by atoms with Crippen molar-refractivity contribution in [3.63, 3.8) is 0 Å². The molecule has 6 heteroatoms. The van der Waals surface area contributed by atoms with Gasteiger partial charge in [0.25, 0.3) is 5.91 Å². The highest BCUT2D eigenvalue weighted by atomic mass is 32.1. The lowest BCUT2D eigenvalue weighted by molar-refractivity contribution is 0.0922. The van der Waals surface area contributed by atoms with E-state index in [2.05, 4.69) is 10.3 Å². The molecule has 3 N–H and O–H groups in total. The summed E-state index contributed by atoms with van der Waals surface area (Å²) in [5.74, 6) is -0.413. The molecule has 4 nitrogen and oxygen atoms in total. The molecule has 3 rings (SSSR count). The first kappa shape index (κ1) is 16.1. The van der Waals surface area contributed by atoms with Crippen molar-refractivity contribution in [1.82, 2.24) is 10.3 Å². The van der Waals surface area contributed by atoms with Crippen LogP contribution >= 0.6 is 11.3 Å². The molecule has 1 saturated carbocycles. The Labute approximate surface area is 138 Å². The minimum atomic E-state index is -0.233. The number of nitrogens with one attached hydrogen (secondary N) is 1. The first-order chi connectivity index (χ1) is 11.0. The summed E-state index contributed by atoms with van der Waals surface area (Å²) >= 11 is 1.45. The van der Waals surface area contributed by atoms with Crippen molar-refractivity contribution in [1.29, 1.82) is 0 Å². The molecule has 0 radical (unpaired) electrons. The van der Waals surface area contributed by atoms with Crippen LogP contribution < -0.4 is 11.1 Å². The molecule has 23 heavy (non-hydrogen) atoms. The lowest BCUT2D eigenvalue weighted by atomic mass is 9.64. The first-order valence-electron chi connectivity index (χ1n) is 7.75. The van der Waals surface area contributed by atoms with E-state index in [0.717, 1.165) is 34.7 Å². The van der Waals surface area contributed by atoms with E-state index >= 15 is 0 Å². The summed E-state index contributed by atoms with van der Waals surface area (Å²) in [6, 6.07) is 6.69. The monoisotopic (exact) mass is 333 g/mol. The van der Waals surface area contributed by atoms with Crippen LogP contribution in [0.1, 0.15) is 45.2 Å². The van der Waals surface area contributed by atoms with Gasteiger partial charge in [-0.05, 0) is 37.5 Å². The van der Waals surface area contributed by atoms with Gasteiger partial charge in [-0.3, -0.25) is 4.79 Å². The standard InChI is InChI=1S/C17H20FN3OS/c1-11-15(21-14(9-19)23-11)16(22)20-10-17(6-3-7-17)12-4-2-5-13(18)8-12/h2,4-5,8H,3,6-7,9-10,19H2,1H3,(H,20,22). The Hall–Kier alpha value is -1.79. The van der Waals surface area contributed by atoms with Gasteiger partial charge in [-0.25, -0.2) is 9.37 Å². The number of nitrogens with zero attached hydrogens (tertiary/aromatic N) is 1. The van der Waals surface area contributed by atoms with Crippen LogP contribution in [-0.2, 0) is 12.0 Å². The predicted octanol–water partition coefficient (Wildman–Crippen LogP) is 2.90. The SMILES string of the molecule is Cc1sc(CN)nc1C(=O)NCC1(c2cccc(F)c2)CCC1. The van der Waals surface area contributed by atoms with Gasteiger partial charge >= 0.3 is 0 Å². The molecule has 1 fully saturated rings. The average molecular weight is 333 g/mol. The van der Waals surface area contributed by atoms with Gasteiger partial charge in [0.05, 0.1) is 0 Å². The van der Waals surface area contributed by atoms with Gasteiger partial charge < -0.3 is 11.1 Å². The molecule has 1 aliphatic rings. The number of benzene rings is 1. The molecule has 1 amide bonds. The van der Waals surface area contributed by atoms with E-state index in [1.165, 1.54) is 17.4 Å². The Morgan fingerprint density at radius 3 is 2.83 bits per heavy atom. The van der Waals surface area contributed by atoms with Crippen LogP contribution in [-0.4, -0.2) is 17.4 Å². The minimum Gasteiger partial charge on any atom is -0.350 e. The lowest BCUT2D eigenvalue weighted by Crippen LogP contribution is -2.45. The van der Waals surface area contributed by atoms with Gasteiger partial charge in [0, 0.05) is 23.4 Å². The van der Waals surface area contributed by atoms with E-state index in [9.17, 15) is 9.18 Å². The maximum absolute atomic E-state index is 13.5. The van der Waals surface area contributed by atoms with Crippen molar-refractivity contribution < 1.29 is 9.18 Å². The fourth-order valence-corrected chi connectivity index (χ4v) is 3.88. The minimum absolute atomic E-state index is 0.154. The fraction of sp³-hybridized carbons (Fsp3) is 0.412. The first-order valence-corrected chi connectivity index (χ1v) is 8.56. The van der Waals surface area contributed by atoms with Crippen molar-refractivity contribution >= 4 is 17.2 Å². The van der Waals surface area contributed by atoms with Crippen LogP contribution in [0.15, 0.2) is 24.3 Å². The summed E-state index contributed by atoms with van der Waals surface area (Å²) in [7, 11) is 0. The summed E-state index contributed by atoms with van der Waals surface area (Å²) < 4.78 is 13.5. The third kappa shape index (κ3) is 3.14. The number of aromatic nitrogens is 1. The molecule has 0 saturated heterocycles. The Bertz CT molecular complexity index is 724. The summed E-state index contributed by atoms with van der Waals surface area (Å²) in [6.07, 6.45) is 3.01. The number of amides is 1. The zero-order valence-electron chi connectivity index (χ0n) is 13.1. The van der Waals surface area contributed by atoms with E-state index in [-0.39, 0.29) is 17.1 Å². The molecule has 1 aliphatic carbocycles. The van der Waals surface area contributed by atoms with Gasteiger partial charge in [0.15, 0.2) is 0 Å². The molecule has 2 aromatic rings. The van der Waals surface area contributed by atoms with Gasteiger partial charge in [-0.1, -0.05) is 18.6 Å². The number of carbonyl (C=O) groups is 1. The number of aryl methyl sites for hydroxylation is 1. The molecular weight excluding hydrogens is 313 g/mol. The maximum atomic E-state index is 13.5. The second-order valence-corrected chi connectivity index (χ2v) is 7.33. The van der Waals surface area contributed by atoms with Crippen LogP contribution in [0.2, 0.25) is 0 Å². The quantitative estimate of drug-likeness (QED) is 0.884. The van der Waals surface area contributed by atoms with Gasteiger partial charge in [-0.15, -0.1) is 11.3 Å². The highest BCUT2D eigenvalue weighted by Gasteiger charge is 2.39. The van der Waals surface area contributed by atoms with Crippen LogP contribution in [0.5, 0.6) is 0 Å². The molecule has 0 unspecified atom stereocenters. The summed E-state index contributed by atoms with van der Waals surface area (Å²) in [4.78, 5) is 17.6. The number of carbonyl (C=O) groups excluding carboxylic acids is 1. The number of thiazole rings is 1. The predicted molar refractivity (Wildman–Crippen MR) is 89.0 cm³/mol. The van der Waals surface area contributed by atoms with Crippen molar-refractivity contribution in [2.24, 2.45) is 5.73 Å². The highest BCUT2D eigenvalue weighted by Crippen LogP contribution is 2.43. The van der Waals surface area contributed by atoms with Crippen molar-refractivity contribution in [3.05, 3.63) is 51.2 Å². The van der Waals surface area contributed by atoms with E-state index < -0.39 is 0 Å². The van der Waals surface area contributed by atoms with Gasteiger partial charge in [0.2, 0.25) is 0 Å². The van der Waals surface area contributed by atoms with Crippen LogP contribution in [0.4, 0.5) is 4.39 Å². The smallest absolute Gasteiger partial charge is 0.271 e. The zero-order valence-corrected chi connectivity index (χ0v) is 13.9. The molecule has 0 spiro atoms. The number of rotatable bonds is 5. The summed E-state index contributed by atoms with van der Waals surface area (Å²) in [5, 5.41) is 3.74. The molecular formula is C17H20FN3OS. The number of nitrogens with two attached hydrogens (primary N) is 1. The molecule has 1 aromatic heterocycles. The zero-order chi connectivity index (χ0) is 16.4. The van der Waals surface area contributed by atoms with Crippen molar-refractivity contribution in [3.8, 4) is 0 Å². The topological polar surface area (TPSA) is 68.0 Å². The Balaban J connectivity index is 1.73. The Morgan fingerprint density at radius 2 is 2.26 bits per heavy atom. The second kappa shape index (κ2) is 6.37. The molecule has 122 valence electrons. The average Bonchev–Trinajstić information content (AvgIpc) is 2.87. The maximum Gasteiger partial charge on any atom is 0.271 e. The normalized spacial score (nSPS) is 16.0. The number of hydrogen-bond acceptors (Lipinski definition) is 4. The molecule has 1 aromatic carbocycles. The van der Waals surface area contributed by atoms with E-state index in [0.29, 0.717) is 18.8 Å². The molecule has 1 heterocycles.